The quantitative estimate of drug-likeness (QED) is 0.176. The smallest absolute Gasteiger partial charge is 0.318 e. The summed E-state index contributed by atoms with van der Waals surface area (Å²) in [6.45, 7) is 3.87. The summed E-state index contributed by atoms with van der Waals surface area (Å²) in [5, 5.41) is 26.0. The fraction of sp³-hybridized carbons (Fsp3) is 0.0833. The van der Waals surface area contributed by atoms with Crippen molar-refractivity contribution in [2.75, 3.05) is 13.7 Å². The maximum Gasteiger partial charge on any atom is 0.318 e. The van der Waals surface area contributed by atoms with Crippen LogP contribution in [0.2, 0.25) is 0 Å². The van der Waals surface area contributed by atoms with E-state index in [1.54, 1.807) is 30.3 Å². The van der Waals surface area contributed by atoms with E-state index in [0.717, 1.165) is 18.2 Å². The average molecular weight is 492 g/mol. The number of carbonyl (C=O) groups excluding carboxylic acids is 1. The van der Waals surface area contributed by atoms with Crippen LogP contribution in [0, 0.1) is 20.2 Å². The largest absolute Gasteiger partial charge is 0.493 e. The van der Waals surface area contributed by atoms with Gasteiger partial charge < -0.3 is 14.2 Å². The van der Waals surface area contributed by atoms with Gasteiger partial charge in [-0.3, -0.25) is 25.0 Å². The number of nitrogens with zero attached hydrogens (tertiary/aromatic N) is 3. The van der Waals surface area contributed by atoms with Crippen LogP contribution in [0.15, 0.2) is 78.4 Å². The zero-order chi connectivity index (χ0) is 26.1. The number of benzene rings is 3. The Labute approximate surface area is 204 Å². The minimum atomic E-state index is -0.760. The average Bonchev–Trinajstić information content (AvgIpc) is 2.88. The number of amides is 1. The molecule has 3 aromatic carbocycles. The van der Waals surface area contributed by atoms with Crippen LogP contribution in [0.1, 0.15) is 15.9 Å². The number of carbonyl (C=O) groups is 1. The number of hydrogen-bond donors (Lipinski definition) is 1. The summed E-state index contributed by atoms with van der Waals surface area (Å²) in [4.78, 5) is 33.0. The lowest BCUT2D eigenvalue weighted by atomic mass is 10.2. The van der Waals surface area contributed by atoms with Gasteiger partial charge in [0.15, 0.2) is 11.5 Å². The number of methoxy groups -OCH3 is 1. The highest BCUT2D eigenvalue weighted by Crippen LogP contribution is 2.34. The Balaban J connectivity index is 1.64. The van der Waals surface area contributed by atoms with Gasteiger partial charge in [-0.15, -0.1) is 0 Å². The first-order chi connectivity index (χ1) is 17.3. The van der Waals surface area contributed by atoms with E-state index in [2.05, 4.69) is 17.1 Å². The van der Waals surface area contributed by atoms with Crippen molar-refractivity contribution in [3.8, 4) is 23.0 Å². The molecule has 0 saturated heterocycles. The molecule has 1 N–H and O–H groups in total. The molecule has 12 nitrogen and oxygen atoms in total. The molecule has 0 unspecified atom stereocenters. The molecule has 0 aliphatic rings. The van der Waals surface area contributed by atoms with Crippen LogP contribution < -0.4 is 19.6 Å². The van der Waals surface area contributed by atoms with Crippen molar-refractivity contribution < 1.29 is 28.9 Å². The summed E-state index contributed by atoms with van der Waals surface area (Å²) in [5.74, 6) is 0.510. The fourth-order valence-electron chi connectivity index (χ4n) is 2.90. The molecule has 0 radical (unpaired) electrons. The van der Waals surface area contributed by atoms with Crippen LogP contribution in [0.25, 0.3) is 0 Å². The van der Waals surface area contributed by atoms with Gasteiger partial charge >= 0.3 is 5.69 Å². The first-order valence-corrected chi connectivity index (χ1v) is 10.3. The molecule has 0 aliphatic carbocycles. The van der Waals surface area contributed by atoms with Crippen LogP contribution in [0.4, 0.5) is 11.4 Å². The van der Waals surface area contributed by atoms with E-state index in [0.29, 0.717) is 29.2 Å². The molecular formula is C24H20N4O8. The molecule has 0 atom stereocenters. The maximum absolute atomic E-state index is 12.4. The summed E-state index contributed by atoms with van der Waals surface area (Å²) >= 11 is 0. The van der Waals surface area contributed by atoms with E-state index < -0.39 is 27.1 Å². The second-order valence-electron chi connectivity index (χ2n) is 7.00. The number of ether oxygens (including phenoxy) is 3. The van der Waals surface area contributed by atoms with Gasteiger partial charge in [0.1, 0.15) is 12.4 Å². The van der Waals surface area contributed by atoms with Gasteiger partial charge in [0, 0.05) is 11.6 Å². The first-order valence-electron chi connectivity index (χ1n) is 10.3. The first kappa shape index (κ1) is 25.4. The van der Waals surface area contributed by atoms with Crippen molar-refractivity contribution in [3.63, 3.8) is 0 Å². The van der Waals surface area contributed by atoms with Gasteiger partial charge in [0.2, 0.25) is 5.75 Å². The molecule has 0 saturated carbocycles. The van der Waals surface area contributed by atoms with Crippen molar-refractivity contribution in [1.29, 1.82) is 0 Å². The predicted octanol–water partition coefficient (Wildman–Crippen LogP) is 4.63. The number of non-ortho nitro benzene ring substituents is 1. The summed E-state index contributed by atoms with van der Waals surface area (Å²) in [6, 6.07) is 14.1. The second-order valence-corrected chi connectivity index (χ2v) is 7.00. The Hall–Kier alpha value is -5.26. The standard InChI is InChI=1S/C24H20N4O8/c1-3-12-35-22-10-6-17(13-23(22)34-2)24(29)26-25-15-16-4-8-19(9-5-16)36-21-11-7-18(27(30)31)14-20(21)28(32)33/h3-11,13-15H,1,12H2,2H3,(H,26,29)/b25-15+. The highest BCUT2D eigenvalue weighted by atomic mass is 16.6. The van der Waals surface area contributed by atoms with E-state index in [9.17, 15) is 25.0 Å². The monoisotopic (exact) mass is 492 g/mol. The number of nitro groups is 2. The molecule has 3 aromatic rings. The Morgan fingerprint density at radius 3 is 2.36 bits per heavy atom. The molecule has 0 bridgehead atoms. The number of nitro benzene ring substituents is 2. The van der Waals surface area contributed by atoms with Crippen LogP contribution in [-0.2, 0) is 0 Å². The molecule has 0 aromatic heterocycles. The van der Waals surface area contributed by atoms with Crippen molar-refractivity contribution in [3.05, 3.63) is 105 Å². The van der Waals surface area contributed by atoms with Crippen molar-refractivity contribution in [2.24, 2.45) is 5.10 Å². The molecule has 1 amide bonds. The summed E-state index contributed by atoms with van der Waals surface area (Å²) < 4.78 is 16.2. The SMILES string of the molecule is C=CCOc1ccc(C(=O)N/N=C/c2ccc(Oc3ccc([N+](=O)[O-])cc3[N+](=O)[O-])cc2)cc1OC. The fourth-order valence-corrected chi connectivity index (χ4v) is 2.90. The number of nitrogens with one attached hydrogen (secondary N) is 1. The van der Waals surface area contributed by atoms with Crippen molar-refractivity contribution in [2.45, 2.75) is 0 Å². The van der Waals surface area contributed by atoms with Crippen molar-refractivity contribution in [1.82, 2.24) is 5.43 Å². The van der Waals surface area contributed by atoms with Crippen molar-refractivity contribution >= 4 is 23.5 Å². The summed E-state index contributed by atoms with van der Waals surface area (Å²) in [7, 11) is 1.46. The van der Waals surface area contributed by atoms with E-state index in [-0.39, 0.29) is 11.5 Å². The molecule has 0 heterocycles. The minimum Gasteiger partial charge on any atom is -0.493 e. The Kier molecular flexibility index (Phi) is 8.27. The minimum absolute atomic E-state index is 0.143. The van der Waals surface area contributed by atoms with Gasteiger partial charge in [-0.25, -0.2) is 5.43 Å². The maximum atomic E-state index is 12.4. The highest BCUT2D eigenvalue weighted by Gasteiger charge is 2.21. The topological polar surface area (TPSA) is 155 Å². The molecule has 0 aliphatic heterocycles. The van der Waals surface area contributed by atoms with Crippen LogP contribution in [0.3, 0.4) is 0 Å². The lowest BCUT2D eigenvalue weighted by Crippen LogP contribution is -2.17. The molecule has 0 spiro atoms. The Bertz CT molecular complexity index is 1320. The third kappa shape index (κ3) is 6.41. The Morgan fingerprint density at radius 2 is 1.72 bits per heavy atom. The summed E-state index contributed by atoms with van der Waals surface area (Å²) in [6.07, 6.45) is 2.99. The van der Waals surface area contributed by atoms with E-state index in [1.165, 1.54) is 31.5 Å². The second kappa shape index (κ2) is 11.7. The van der Waals surface area contributed by atoms with Crippen LogP contribution in [0.5, 0.6) is 23.0 Å². The third-order valence-corrected chi connectivity index (χ3v) is 4.62. The van der Waals surface area contributed by atoms with Gasteiger partial charge in [0.05, 0.1) is 29.2 Å². The molecule has 0 fully saturated rings. The molecule has 3 rings (SSSR count). The third-order valence-electron chi connectivity index (χ3n) is 4.62. The number of rotatable bonds is 11. The molecule has 36 heavy (non-hydrogen) atoms. The van der Waals surface area contributed by atoms with E-state index >= 15 is 0 Å². The molecule has 12 heteroatoms. The zero-order valence-corrected chi connectivity index (χ0v) is 19.0. The Morgan fingerprint density at radius 1 is 1.00 bits per heavy atom. The zero-order valence-electron chi connectivity index (χ0n) is 19.0. The predicted molar refractivity (Wildman–Crippen MR) is 130 cm³/mol. The van der Waals surface area contributed by atoms with Crippen LogP contribution in [-0.4, -0.2) is 35.7 Å². The lowest BCUT2D eigenvalue weighted by molar-refractivity contribution is -0.394. The highest BCUT2D eigenvalue weighted by molar-refractivity contribution is 5.95. The van der Waals surface area contributed by atoms with Crippen LogP contribution >= 0.6 is 0 Å². The molecule has 184 valence electrons. The van der Waals surface area contributed by atoms with E-state index in [1.807, 2.05) is 0 Å². The molecular weight excluding hydrogens is 472 g/mol. The lowest BCUT2D eigenvalue weighted by Gasteiger charge is -2.10. The van der Waals surface area contributed by atoms with Gasteiger partial charge in [-0.2, -0.15) is 5.10 Å². The number of hydrogen-bond acceptors (Lipinski definition) is 9. The number of hydrazone groups is 1. The summed E-state index contributed by atoms with van der Waals surface area (Å²) in [5.41, 5.74) is 2.37. The normalized spacial score (nSPS) is 10.5. The van der Waals surface area contributed by atoms with Gasteiger partial charge in [-0.05, 0) is 54.1 Å². The van der Waals surface area contributed by atoms with Gasteiger partial charge in [-0.1, -0.05) is 12.7 Å². The van der Waals surface area contributed by atoms with Gasteiger partial charge in [0.25, 0.3) is 11.6 Å². The van der Waals surface area contributed by atoms with E-state index in [4.69, 9.17) is 14.2 Å².